The van der Waals surface area contributed by atoms with Crippen LogP contribution in [0.15, 0.2) is 47.5 Å². The van der Waals surface area contributed by atoms with E-state index in [0.29, 0.717) is 24.5 Å². The molecule has 1 aromatic carbocycles. The SMILES string of the molecule is Cc1ncc(CC(=O)N2CCCC(c3[nH]ncc3-c3ccccc3)C2)c(=O)[nH]1. The van der Waals surface area contributed by atoms with Crippen molar-refractivity contribution in [3.05, 3.63) is 70.2 Å². The Labute approximate surface area is 162 Å². The second-order valence-electron chi connectivity index (χ2n) is 7.24. The normalized spacial score (nSPS) is 16.9. The van der Waals surface area contributed by atoms with Crippen LogP contribution in [0.3, 0.4) is 0 Å². The monoisotopic (exact) mass is 377 g/mol. The fourth-order valence-corrected chi connectivity index (χ4v) is 3.81. The largest absolute Gasteiger partial charge is 0.342 e. The first-order chi connectivity index (χ1) is 13.6. The zero-order valence-electron chi connectivity index (χ0n) is 15.8. The average molecular weight is 377 g/mol. The van der Waals surface area contributed by atoms with E-state index in [4.69, 9.17) is 0 Å². The maximum Gasteiger partial charge on any atom is 0.254 e. The fourth-order valence-electron chi connectivity index (χ4n) is 3.81. The van der Waals surface area contributed by atoms with Crippen molar-refractivity contribution >= 4 is 5.91 Å². The molecule has 2 N–H and O–H groups in total. The molecule has 3 heterocycles. The first-order valence-electron chi connectivity index (χ1n) is 9.53. The number of piperidine rings is 1. The third-order valence-electron chi connectivity index (χ3n) is 5.28. The van der Waals surface area contributed by atoms with Gasteiger partial charge in [0.2, 0.25) is 5.91 Å². The van der Waals surface area contributed by atoms with E-state index in [2.05, 4.69) is 32.3 Å². The molecule has 7 nitrogen and oxygen atoms in total. The molecule has 0 saturated carbocycles. The molecule has 144 valence electrons. The van der Waals surface area contributed by atoms with E-state index in [1.807, 2.05) is 29.3 Å². The summed E-state index contributed by atoms with van der Waals surface area (Å²) >= 11 is 0. The average Bonchev–Trinajstić information content (AvgIpc) is 3.21. The van der Waals surface area contributed by atoms with Crippen molar-refractivity contribution in [2.75, 3.05) is 13.1 Å². The molecule has 0 spiro atoms. The fraction of sp³-hybridized carbons (Fsp3) is 0.333. The quantitative estimate of drug-likeness (QED) is 0.730. The molecule has 1 aliphatic heterocycles. The van der Waals surface area contributed by atoms with Gasteiger partial charge in [-0.25, -0.2) is 4.98 Å². The number of carbonyl (C=O) groups is 1. The summed E-state index contributed by atoms with van der Waals surface area (Å²) < 4.78 is 0. The van der Waals surface area contributed by atoms with Gasteiger partial charge in [0.05, 0.1) is 12.6 Å². The summed E-state index contributed by atoms with van der Waals surface area (Å²) in [7, 11) is 0. The van der Waals surface area contributed by atoms with E-state index < -0.39 is 0 Å². The van der Waals surface area contributed by atoms with E-state index in [-0.39, 0.29) is 23.8 Å². The van der Waals surface area contributed by atoms with E-state index in [0.717, 1.165) is 29.7 Å². The van der Waals surface area contributed by atoms with Crippen LogP contribution in [0.4, 0.5) is 0 Å². The minimum atomic E-state index is -0.241. The number of hydrogen-bond acceptors (Lipinski definition) is 4. The van der Waals surface area contributed by atoms with Gasteiger partial charge in [0.1, 0.15) is 5.82 Å². The minimum Gasteiger partial charge on any atom is -0.342 e. The van der Waals surface area contributed by atoms with Gasteiger partial charge in [0.25, 0.3) is 5.56 Å². The number of carbonyl (C=O) groups excluding carboxylic acids is 1. The van der Waals surface area contributed by atoms with Crippen LogP contribution in [0.1, 0.15) is 35.8 Å². The Hall–Kier alpha value is -3.22. The van der Waals surface area contributed by atoms with Gasteiger partial charge in [-0.1, -0.05) is 30.3 Å². The van der Waals surface area contributed by atoms with E-state index >= 15 is 0 Å². The van der Waals surface area contributed by atoms with E-state index in [1.165, 1.54) is 6.20 Å². The molecule has 1 unspecified atom stereocenters. The highest BCUT2D eigenvalue weighted by molar-refractivity contribution is 5.79. The molecular formula is C21H23N5O2. The molecule has 0 bridgehead atoms. The summed E-state index contributed by atoms with van der Waals surface area (Å²) in [5.41, 5.74) is 3.43. The molecule has 1 atom stereocenters. The van der Waals surface area contributed by atoms with Crippen LogP contribution in [0.25, 0.3) is 11.1 Å². The van der Waals surface area contributed by atoms with Gasteiger partial charge in [-0.15, -0.1) is 0 Å². The standard InChI is InChI=1S/C21H23N5O2/c1-14-22-11-17(21(28)24-14)10-19(27)26-9-5-8-16(13-26)20-18(12-23-25-20)15-6-3-2-4-7-15/h2-4,6-7,11-12,16H,5,8-10,13H2,1H3,(H,23,25)(H,22,24,28). The van der Waals surface area contributed by atoms with Crippen LogP contribution in [0.2, 0.25) is 0 Å². The summed E-state index contributed by atoms with van der Waals surface area (Å²) in [6.07, 6.45) is 5.34. The van der Waals surface area contributed by atoms with E-state index in [9.17, 15) is 9.59 Å². The number of hydrogen-bond donors (Lipinski definition) is 2. The van der Waals surface area contributed by atoms with E-state index in [1.54, 1.807) is 6.92 Å². The maximum atomic E-state index is 12.8. The summed E-state index contributed by atoms with van der Waals surface area (Å²) in [5, 5.41) is 7.39. The zero-order chi connectivity index (χ0) is 19.5. The summed E-state index contributed by atoms with van der Waals surface area (Å²) in [6, 6.07) is 10.1. The Balaban J connectivity index is 1.50. The highest BCUT2D eigenvalue weighted by Gasteiger charge is 2.28. The Bertz CT molecular complexity index is 1020. The Kier molecular flexibility index (Phi) is 5.06. The van der Waals surface area contributed by atoms with Gasteiger partial charge in [0, 0.05) is 42.0 Å². The van der Waals surface area contributed by atoms with Gasteiger partial charge < -0.3 is 9.88 Å². The molecule has 7 heteroatoms. The molecule has 1 fully saturated rings. The Morgan fingerprint density at radius 1 is 1.25 bits per heavy atom. The molecule has 0 radical (unpaired) electrons. The topological polar surface area (TPSA) is 94.7 Å². The molecule has 0 aliphatic carbocycles. The van der Waals surface area contributed by atoms with Crippen molar-refractivity contribution < 1.29 is 4.79 Å². The lowest BCUT2D eigenvalue weighted by molar-refractivity contribution is -0.131. The predicted molar refractivity (Wildman–Crippen MR) is 106 cm³/mol. The number of nitrogens with one attached hydrogen (secondary N) is 2. The summed E-state index contributed by atoms with van der Waals surface area (Å²) in [5.74, 6) is 0.707. The highest BCUT2D eigenvalue weighted by Crippen LogP contribution is 2.33. The molecule has 28 heavy (non-hydrogen) atoms. The smallest absolute Gasteiger partial charge is 0.254 e. The molecule has 1 amide bonds. The number of H-pyrrole nitrogens is 2. The summed E-state index contributed by atoms with van der Waals surface area (Å²) in [6.45, 7) is 3.05. The molecule has 1 saturated heterocycles. The first kappa shape index (κ1) is 18.2. The second-order valence-corrected chi connectivity index (χ2v) is 7.24. The first-order valence-corrected chi connectivity index (χ1v) is 9.53. The van der Waals surface area contributed by atoms with Crippen molar-refractivity contribution in [1.82, 2.24) is 25.1 Å². The number of benzene rings is 1. The third-order valence-corrected chi connectivity index (χ3v) is 5.28. The number of likely N-dealkylation sites (tertiary alicyclic amines) is 1. The van der Waals surface area contributed by atoms with Crippen LogP contribution < -0.4 is 5.56 Å². The van der Waals surface area contributed by atoms with Crippen molar-refractivity contribution in [2.45, 2.75) is 32.1 Å². The van der Waals surface area contributed by atoms with Gasteiger partial charge in [-0.2, -0.15) is 5.10 Å². The van der Waals surface area contributed by atoms with Crippen molar-refractivity contribution in [3.8, 4) is 11.1 Å². The van der Waals surface area contributed by atoms with Crippen LogP contribution >= 0.6 is 0 Å². The molecule has 1 aliphatic rings. The molecule has 2 aromatic heterocycles. The summed E-state index contributed by atoms with van der Waals surface area (Å²) in [4.78, 5) is 33.4. The minimum absolute atomic E-state index is 0.0402. The molecule has 4 rings (SSSR count). The Morgan fingerprint density at radius 2 is 2.07 bits per heavy atom. The van der Waals surface area contributed by atoms with Crippen molar-refractivity contribution in [2.24, 2.45) is 0 Å². The molecular weight excluding hydrogens is 354 g/mol. The van der Waals surface area contributed by atoms with Gasteiger partial charge in [-0.05, 0) is 25.3 Å². The second kappa shape index (κ2) is 7.80. The van der Waals surface area contributed by atoms with Gasteiger partial charge in [0.15, 0.2) is 0 Å². The number of nitrogens with zero attached hydrogens (tertiary/aromatic N) is 3. The number of aryl methyl sites for hydroxylation is 1. The lowest BCUT2D eigenvalue weighted by Gasteiger charge is -2.32. The zero-order valence-corrected chi connectivity index (χ0v) is 15.8. The number of amides is 1. The third kappa shape index (κ3) is 3.74. The van der Waals surface area contributed by atoms with Crippen LogP contribution in [-0.2, 0) is 11.2 Å². The number of aromatic nitrogens is 4. The lowest BCUT2D eigenvalue weighted by Crippen LogP contribution is -2.40. The Morgan fingerprint density at radius 3 is 2.86 bits per heavy atom. The van der Waals surface area contributed by atoms with Crippen LogP contribution in [0.5, 0.6) is 0 Å². The van der Waals surface area contributed by atoms with Gasteiger partial charge in [-0.3, -0.25) is 14.7 Å². The number of aromatic amines is 2. The van der Waals surface area contributed by atoms with Crippen molar-refractivity contribution in [1.29, 1.82) is 0 Å². The highest BCUT2D eigenvalue weighted by atomic mass is 16.2. The number of rotatable bonds is 4. The van der Waals surface area contributed by atoms with Crippen LogP contribution in [-0.4, -0.2) is 44.1 Å². The van der Waals surface area contributed by atoms with Crippen LogP contribution in [0, 0.1) is 6.92 Å². The molecule has 3 aromatic rings. The maximum absolute atomic E-state index is 12.8. The van der Waals surface area contributed by atoms with Gasteiger partial charge >= 0.3 is 0 Å². The van der Waals surface area contributed by atoms with Crippen molar-refractivity contribution in [3.63, 3.8) is 0 Å². The predicted octanol–water partition coefficient (Wildman–Crippen LogP) is 2.42. The lowest BCUT2D eigenvalue weighted by atomic mass is 9.90.